The van der Waals surface area contributed by atoms with Crippen LogP contribution in [0, 0.1) is 0 Å². The van der Waals surface area contributed by atoms with E-state index in [1.54, 1.807) is 7.05 Å². The summed E-state index contributed by atoms with van der Waals surface area (Å²) in [6, 6.07) is 4.59. The van der Waals surface area contributed by atoms with Crippen LogP contribution in [0.15, 0.2) is 24.3 Å². The van der Waals surface area contributed by atoms with Gasteiger partial charge in [0.2, 0.25) is 0 Å². The standard InChI is InChI=1S/C13H15F3N2O.ClH/c1-18(11-5-6-17-8-11)12(19)9-3-2-4-10(7-9)13(14,15)16;/h2-4,7,11,17H,5-6,8H2,1H3;1H. The second kappa shape index (κ2) is 6.45. The first-order valence-electron chi connectivity index (χ1n) is 6.05. The van der Waals surface area contributed by atoms with Crippen molar-refractivity contribution in [1.29, 1.82) is 0 Å². The molecule has 1 unspecified atom stereocenters. The Morgan fingerprint density at radius 2 is 2.10 bits per heavy atom. The van der Waals surface area contributed by atoms with Crippen molar-refractivity contribution >= 4 is 18.3 Å². The molecule has 0 spiro atoms. The van der Waals surface area contributed by atoms with E-state index in [4.69, 9.17) is 0 Å². The number of likely N-dealkylation sites (N-methyl/N-ethyl adjacent to an activating group) is 1. The van der Waals surface area contributed by atoms with E-state index in [0.717, 1.165) is 25.1 Å². The zero-order valence-corrected chi connectivity index (χ0v) is 11.7. The van der Waals surface area contributed by atoms with Gasteiger partial charge < -0.3 is 10.2 Å². The average Bonchev–Trinajstić information content (AvgIpc) is 2.90. The van der Waals surface area contributed by atoms with E-state index in [1.165, 1.54) is 17.0 Å². The summed E-state index contributed by atoms with van der Waals surface area (Å²) in [5, 5.41) is 3.12. The Morgan fingerprint density at radius 3 is 2.65 bits per heavy atom. The second-order valence-electron chi connectivity index (χ2n) is 4.64. The van der Waals surface area contributed by atoms with Gasteiger partial charge in [-0.3, -0.25) is 4.79 Å². The number of hydrogen-bond acceptors (Lipinski definition) is 2. The van der Waals surface area contributed by atoms with Crippen molar-refractivity contribution in [3.63, 3.8) is 0 Å². The molecule has 1 aromatic carbocycles. The van der Waals surface area contributed by atoms with Crippen LogP contribution in [-0.2, 0) is 6.18 Å². The number of carbonyl (C=O) groups excluding carboxylic acids is 1. The van der Waals surface area contributed by atoms with Crippen molar-refractivity contribution in [3.8, 4) is 0 Å². The van der Waals surface area contributed by atoms with Gasteiger partial charge in [0, 0.05) is 25.2 Å². The van der Waals surface area contributed by atoms with Crippen molar-refractivity contribution in [3.05, 3.63) is 35.4 Å². The van der Waals surface area contributed by atoms with Crippen molar-refractivity contribution in [2.75, 3.05) is 20.1 Å². The maximum Gasteiger partial charge on any atom is 0.416 e. The molecule has 1 aliphatic rings. The molecule has 1 aliphatic heterocycles. The third kappa shape index (κ3) is 3.64. The monoisotopic (exact) mass is 308 g/mol. The molecule has 0 bridgehead atoms. The smallest absolute Gasteiger partial charge is 0.337 e. The molecule has 1 atom stereocenters. The fourth-order valence-electron chi connectivity index (χ4n) is 2.17. The van der Waals surface area contributed by atoms with E-state index in [0.29, 0.717) is 6.54 Å². The van der Waals surface area contributed by atoms with Crippen molar-refractivity contribution < 1.29 is 18.0 Å². The van der Waals surface area contributed by atoms with Crippen LogP contribution in [0.5, 0.6) is 0 Å². The Hall–Kier alpha value is -1.27. The third-order valence-corrected chi connectivity index (χ3v) is 3.34. The van der Waals surface area contributed by atoms with Crippen LogP contribution >= 0.6 is 12.4 Å². The minimum absolute atomic E-state index is 0. The van der Waals surface area contributed by atoms with Crippen LogP contribution in [0.2, 0.25) is 0 Å². The topological polar surface area (TPSA) is 32.3 Å². The summed E-state index contributed by atoms with van der Waals surface area (Å²) in [6.45, 7) is 1.51. The molecule has 1 fully saturated rings. The van der Waals surface area contributed by atoms with Crippen LogP contribution in [-0.4, -0.2) is 37.0 Å². The normalized spacial score (nSPS) is 18.5. The molecule has 1 amide bonds. The molecule has 1 heterocycles. The first kappa shape index (κ1) is 16.8. The number of nitrogens with zero attached hydrogens (tertiary/aromatic N) is 1. The van der Waals surface area contributed by atoms with E-state index in [2.05, 4.69) is 5.32 Å². The highest BCUT2D eigenvalue weighted by Gasteiger charge is 2.31. The maximum absolute atomic E-state index is 12.6. The highest BCUT2D eigenvalue weighted by Crippen LogP contribution is 2.29. The summed E-state index contributed by atoms with van der Waals surface area (Å²) < 4.78 is 37.8. The molecule has 1 N–H and O–H groups in total. The molecule has 0 saturated carbocycles. The lowest BCUT2D eigenvalue weighted by Gasteiger charge is -2.24. The summed E-state index contributed by atoms with van der Waals surface area (Å²) in [5.74, 6) is -0.375. The lowest BCUT2D eigenvalue weighted by molar-refractivity contribution is -0.137. The number of halogens is 4. The quantitative estimate of drug-likeness (QED) is 0.911. The molecule has 20 heavy (non-hydrogen) atoms. The molecule has 2 rings (SSSR count). The number of hydrogen-bond donors (Lipinski definition) is 1. The van der Waals surface area contributed by atoms with Crippen LogP contribution in [0.3, 0.4) is 0 Å². The number of amides is 1. The molecular weight excluding hydrogens is 293 g/mol. The molecule has 0 aromatic heterocycles. The Bertz CT molecular complexity index is 473. The van der Waals surface area contributed by atoms with Crippen molar-refractivity contribution in [2.24, 2.45) is 0 Å². The van der Waals surface area contributed by atoms with Gasteiger partial charge in [0.25, 0.3) is 5.91 Å². The molecule has 3 nitrogen and oxygen atoms in total. The number of benzene rings is 1. The summed E-state index contributed by atoms with van der Waals surface area (Å²) >= 11 is 0. The predicted molar refractivity (Wildman–Crippen MR) is 72.1 cm³/mol. The Balaban J connectivity index is 0.00000200. The lowest BCUT2D eigenvalue weighted by Crippen LogP contribution is -2.38. The highest BCUT2D eigenvalue weighted by atomic mass is 35.5. The minimum Gasteiger partial charge on any atom is -0.337 e. The zero-order chi connectivity index (χ0) is 14.0. The molecule has 112 valence electrons. The van der Waals surface area contributed by atoms with Gasteiger partial charge in [0.15, 0.2) is 0 Å². The Labute approximate surface area is 121 Å². The molecular formula is C13H16ClF3N2O. The first-order chi connectivity index (χ1) is 8.89. The van der Waals surface area contributed by atoms with Gasteiger partial charge in [0.05, 0.1) is 5.56 Å². The van der Waals surface area contributed by atoms with E-state index < -0.39 is 11.7 Å². The SMILES string of the molecule is CN(C(=O)c1cccc(C(F)(F)F)c1)C1CCNC1.Cl. The lowest BCUT2D eigenvalue weighted by atomic mass is 10.1. The van der Waals surface area contributed by atoms with Gasteiger partial charge in [-0.2, -0.15) is 13.2 Å². The van der Waals surface area contributed by atoms with E-state index in [-0.39, 0.29) is 29.9 Å². The van der Waals surface area contributed by atoms with E-state index in [1.807, 2.05) is 0 Å². The maximum atomic E-state index is 12.6. The molecule has 1 saturated heterocycles. The van der Waals surface area contributed by atoms with Crippen LogP contribution in [0.25, 0.3) is 0 Å². The summed E-state index contributed by atoms with van der Waals surface area (Å²) in [5.41, 5.74) is -0.722. The van der Waals surface area contributed by atoms with Gasteiger partial charge in [-0.1, -0.05) is 6.07 Å². The van der Waals surface area contributed by atoms with E-state index in [9.17, 15) is 18.0 Å². The van der Waals surface area contributed by atoms with E-state index >= 15 is 0 Å². The number of nitrogens with one attached hydrogen (secondary N) is 1. The highest BCUT2D eigenvalue weighted by molar-refractivity contribution is 5.94. The Kier molecular flexibility index (Phi) is 5.42. The molecule has 0 radical (unpaired) electrons. The Morgan fingerprint density at radius 1 is 1.40 bits per heavy atom. The van der Waals surface area contributed by atoms with Crippen molar-refractivity contribution in [2.45, 2.75) is 18.6 Å². The summed E-state index contributed by atoms with van der Waals surface area (Å²) in [7, 11) is 1.63. The molecule has 0 aliphatic carbocycles. The summed E-state index contributed by atoms with van der Waals surface area (Å²) in [6.07, 6.45) is -3.61. The number of rotatable bonds is 2. The number of carbonyl (C=O) groups is 1. The first-order valence-corrected chi connectivity index (χ1v) is 6.05. The second-order valence-corrected chi connectivity index (χ2v) is 4.64. The largest absolute Gasteiger partial charge is 0.416 e. The van der Waals surface area contributed by atoms with Gasteiger partial charge in [-0.05, 0) is 31.2 Å². The number of alkyl halides is 3. The molecule has 7 heteroatoms. The predicted octanol–water partition coefficient (Wildman–Crippen LogP) is 2.56. The zero-order valence-electron chi connectivity index (χ0n) is 10.9. The van der Waals surface area contributed by atoms with Crippen LogP contribution in [0.4, 0.5) is 13.2 Å². The van der Waals surface area contributed by atoms with Crippen LogP contribution < -0.4 is 5.32 Å². The summed E-state index contributed by atoms with van der Waals surface area (Å²) in [4.78, 5) is 13.7. The third-order valence-electron chi connectivity index (χ3n) is 3.34. The molecule has 1 aromatic rings. The minimum atomic E-state index is -4.43. The van der Waals surface area contributed by atoms with Gasteiger partial charge in [-0.15, -0.1) is 12.4 Å². The van der Waals surface area contributed by atoms with Crippen molar-refractivity contribution in [1.82, 2.24) is 10.2 Å². The fraction of sp³-hybridized carbons (Fsp3) is 0.462. The van der Waals surface area contributed by atoms with Gasteiger partial charge in [-0.25, -0.2) is 0 Å². The van der Waals surface area contributed by atoms with Gasteiger partial charge in [0.1, 0.15) is 0 Å². The van der Waals surface area contributed by atoms with Gasteiger partial charge >= 0.3 is 6.18 Å². The average molecular weight is 309 g/mol. The van der Waals surface area contributed by atoms with Crippen LogP contribution in [0.1, 0.15) is 22.3 Å². The fourth-order valence-corrected chi connectivity index (χ4v) is 2.17.